The molecule has 0 fully saturated rings. The van der Waals surface area contributed by atoms with Crippen molar-refractivity contribution in [1.29, 1.82) is 0 Å². The van der Waals surface area contributed by atoms with E-state index in [4.69, 9.17) is 16.3 Å². The monoisotopic (exact) mass is 392 g/mol. The Labute approximate surface area is 156 Å². The van der Waals surface area contributed by atoms with Crippen molar-refractivity contribution in [1.82, 2.24) is 9.97 Å². The fraction of sp³-hybridized carbons (Fsp3) is 0.188. The van der Waals surface area contributed by atoms with Crippen LogP contribution in [0.5, 0.6) is 5.88 Å². The first-order valence-electron chi connectivity index (χ1n) is 7.44. The Morgan fingerprint density at radius 2 is 2.15 bits per heavy atom. The summed E-state index contributed by atoms with van der Waals surface area (Å²) in [7, 11) is 0. The van der Waals surface area contributed by atoms with Crippen LogP contribution in [0.1, 0.15) is 10.4 Å². The van der Waals surface area contributed by atoms with Gasteiger partial charge in [0.2, 0.25) is 5.88 Å². The molecule has 2 aromatic heterocycles. The standard InChI is InChI=1S/C16H13ClN4O4S/c1-8-9(2)26-16-14(8)15(18-7-19-16)25-6-13(22)20-12-5-10(21(23)24)3-4-11(12)17/h3-5,7H,6H2,1-2H3,(H,20,22). The van der Waals surface area contributed by atoms with E-state index in [0.717, 1.165) is 20.7 Å². The number of thiophene rings is 1. The van der Waals surface area contributed by atoms with Crippen molar-refractivity contribution in [3.63, 3.8) is 0 Å². The topological polar surface area (TPSA) is 107 Å². The van der Waals surface area contributed by atoms with E-state index in [1.54, 1.807) is 0 Å². The van der Waals surface area contributed by atoms with Gasteiger partial charge in [0.15, 0.2) is 6.61 Å². The fourth-order valence-corrected chi connectivity index (χ4v) is 3.45. The summed E-state index contributed by atoms with van der Waals surface area (Å²) in [5.41, 5.74) is 0.972. The molecule has 0 radical (unpaired) electrons. The van der Waals surface area contributed by atoms with E-state index in [9.17, 15) is 14.9 Å². The molecule has 1 aromatic carbocycles. The molecule has 134 valence electrons. The molecular weight excluding hydrogens is 380 g/mol. The highest BCUT2D eigenvalue weighted by Crippen LogP contribution is 2.33. The smallest absolute Gasteiger partial charge is 0.271 e. The van der Waals surface area contributed by atoms with E-state index in [-0.39, 0.29) is 23.0 Å². The Balaban J connectivity index is 1.74. The van der Waals surface area contributed by atoms with Crippen LogP contribution in [-0.4, -0.2) is 27.4 Å². The minimum Gasteiger partial charge on any atom is -0.467 e. The van der Waals surface area contributed by atoms with Gasteiger partial charge in [0.25, 0.3) is 11.6 Å². The third kappa shape index (κ3) is 3.58. The van der Waals surface area contributed by atoms with Gasteiger partial charge in [0, 0.05) is 17.0 Å². The summed E-state index contributed by atoms with van der Waals surface area (Å²) in [6, 6.07) is 3.80. The Hall–Kier alpha value is -2.78. The van der Waals surface area contributed by atoms with Crippen molar-refractivity contribution >= 4 is 50.4 Å². The number of hydrogen-bond acceptors (Lipinski definition) is 7. The summed E-state index contributed by atoms with van der Waals surface area (Å²) in [6.07, 6.45) is 1.38. The van der Waals surface area contributed by atoms with Gasteiger partial charge in [-0.25, -0.2) is 9.97 Å². The van der Waals surface area contributed by atoms with Gasteiger partial charge in [-0.1, -0.05) is 11.6 Å². The molecule has 0 aliphatic carbocycles. The lowest BCUT2D eigenvalue weighted by Crippen LogP contribution is -2.20. The van der Waals surface area contributed by atoms with Crippen LogP contribution < -0.4 is 10.1 Å². The fourth-order valence-electron chi connectivity index (χ4n) is 2.30. The van der Waals surface area contributed by atoms with Crippen LogP contribution in [0.25, 0.3) is 10.2 Å². The molecule has 0 saturated heterocycles. The number of nitrogens with one attached hydrogen (secondary N) is 1. The highest BCUT2D eigenvalue weighted by atomic mass is 35.5. The second-order valence-electron chi connectivity index (χ2n) is 5.40. The SMILES string of the molecule is Cc1sc2ncnc(OCC(=O)Nc3cc([N+](=O)[O-])ccc3Cl)c2c1C. The van der Waals surface area contributed by atoms with Gasteiger partial charge in [-0.2, -0.15) is 0 Å². The van der Waals surface area contributed by atoms with Gasteiger partial charge in [0.1, 0.15) is 11.2 Å². The number of nitrogens with zero attached hydrogens (tertiary/aromatic N) is 3. The number of anilines is 1. The highest BCUT2D eigenvalue weighted by Gasteiger charge is 2.16. The summed E-state index contributed by atoms with van der Waals surface area (Å²) in [4.78, 5) is 32.6. The number of nitro benzene ring substituents is 1. The molecule has 3 rings (SSSR count). The quantitative estimate of drug-likeness (QED) is 0.521. The van der Waals surface area contributed by atoms with Crippen molar-refractivity contribution in [3.05, 3.63) is 50.1 Å². The van der Waals surface area contributed by atoms with Crippen LogP contribution in [0.4, 0.5) is 11.4 Å². The van der Waals surface area contributed by atoms with E-state index in [1.807, 2.05) is 13.8 Å². The number of non-ortho nitro benzene ring substituents is 1. The number of halogens is 1. The van der Waals surface area contributed by atoms with Gasteiger partial charge in [-0.3, -0.25) is 14.9 Å². The number of hydrogen-bond donors (Lipinski definition) is 1. The first-order chi connectivity index (χ1) is 12.4. The van der Waals surface area contributed by atoms with Crippen LogP contribution in [-0.2, 0) is 4.79 Å². The molecule has 8 nitrogen and oxygen atoms in total. The Morgan fingerprint density at radius 3 is 2.88 bits per heavy atom. The lowest BCUT2D eigenvalue weighted by Gasteiger charge is -2.09. The van der Waals surface area contributed by atoms with Crippen molar-refractivity contribution in [2.24, 2.45) is 0 Å². The number of carbonyl (C=O) groups is 1. The maximum Gasteiger partial charge on any atom is 0.271 e. The minimum atomic E-state index is -0.568. The summed E-state index contributed by atoms with van der Waals surface area (Å²) in [6.45, 7) is 3.59. The largest absolute Gasteiger partial charge is 0.467 e. The zero-order valence-corrected chi connectivity index (χ0v) is 15.3. The zero-order valence-electron chi connectivity index (χ0n) is 13.8. The lowest BCUT2D eigenvalue weighted by molar-refractivity contribution is -0.384. The van der Waals surface area contributed by atoms with E-state index in [2.05, 4.69) is 15.3 Å². The predicted octanol–water partition coefficient (Wildman–Crippen LogP) is 3.89. The van der Waals surface area contributed by atoms with Crippen molar-refractivity contribution < 1.29 is 14.5 Å². The predicted molar refractivity (Wildman–Crippen MR) is 99.1 cm³/mol. The second-order valence-corrected chi connectivity index (χ2v) is 7.01. The molecule has 0 bridgehead atoms. The number of aromatic nitrogens is 2. The molecule has 0 saturated carbocycles. The summed E-state index contributed by atoms with van der Waals surface area (Å²) in [5, 5.41) is 14.3. The Morgan fingerprint density at radius 1 is 1.38 bits per heavy atom. The number of rotatable bonds is 5. The Kier molecular flexibility index (Phi) is 5.01. The molecule has 10 heteroatoms. The van der Waals surface area contributed by atoms with Crippen LogP contribution in [0, 0.1) is 24.0 Å². The molecule has 0 aliphatic heterocycles. The molecule has 0 aliphatic rings. The number of nitro groups is 1. The highest BCUT2D eigenvalue weighted by molar-refractivity contribution is 7.18. The number of carbonyl (C=O) groups excluding carboxylic acids is 1. The molecule has 2 heterocycles. The number of amides is 1. The van der Waals surface area contributed by atoms with Crippen LogP contribution >= 0.6 is 22.9 Å². The third-order valence-corrected chi connectivity index (χ3v) is 5.15. The van der Waals surface area contributed by atoms with Gasteiger partial charge >= 0.3 is 0 Å². The maximum absolute atomic E-state index is 12.1. The van der Waals surface area contributed by atoms with Crippen molar-refractivity contribution in [2.45, 2.75) is 13.8 Å². The number of aryl methyl sites for hydroxylation is 2. The second kappa shape index (κ2) is 7.22. The lowest BCUT2D eigenvalue weighted by atomic mass is 10.2. The van der Waals surface area contributed by atoms with Gasteiger partial charge < -0.3 is 10.1 Å². The zero-order chi connectivity index (χ0) is 18.8. The minimum absolute atomic E-state index is 0.143. The molecule has 1 N–H and O–H groups in total. The van der Waals surface area contributed by atoms with E-state index in [1.165, 1.54) is 35.9 Å². The van der Waals surface area contributed by atoms with Crippen molar-refractivity contribution in [3.8, 4) is 5.88 Å². The molecule has 0 atom stereocenters. The summed E-state index contributed by atoms with van der Waals surface area (Å²) < 4.78 is 5.53. The first kappa shape index (κ1) is 18.0. The normalized spacial score (nSPS) is 10.7. The molecule has 0 spiro atoms. The van der Waals surface area contributed by atoms with E-state index < -0.39 is 10.8 Å². The average molecular weight is 393 g/mol. The summed E-state index contributed by atoms with van der Waals surface area (Å²) in [5.74, 6) is -0.194. The van der Waals surface area contributed by atoms with E-state index >= 15 is 0 Å². The molecule has 0 unspecified atom stereocenters. The third-order valence-electron chi connectivity index (χ3n) is 3.71. The number of ether oxygens (including phenoxy) is 1. The molecule has 26 heavy (non-hydrogen) atoms. The van der Waals surface area contributed by atoms with Crippen LogP contribution in [0.2, 0.25) is 5.02 Å². The number of fused-ring (bicyclic) bond motifs is 1. The molecular formula is C16H13ClN4O4S. The average Bonchev–Trinajstić information content (AvgIpc) is 2.89. The van der Waals surface area contributed by atoms with Crippen molar-refractivity contribution in [2.75, 3.05) is 11.9 Å². The van der Waals surface area contributed by atoms with E-state index in [0.29, 0.717) is 5.88 Å². The van der Waals surface area contributed by atoms with Gasteiger partial charge in [0.05, 0.1) is 21.0 Å². The van der Waals surface area contributed by atoms with Gasteiger partial charge in [-0.15, -0.1) is 11.3 Å². The van der Waals surface area contributed by atoms with Crippen LogP contribution in [0.3, 0.4) is 0 Å². The summed E-state index contributed by atoms with van der Waals surface area (Å²) >= 11 is 7.49. The Bertz CT molecular complexity index is 1020. The molecule has 1 amide bonds. The van der Waals surface area contributed by atoms with Gasteiger partial charge in [-0.05, 0) is 25.5 Å². The first-order valence-corrected chi connectivity index (χ1v) is 8.63. The molecule has 3 aromatic rings. The maximum atomic E-state index is 12.1. The van der Waals surface area contributed by atoms with Crippen LogP contribution in [0.15, 0.2) is 24.5 Å². The number of benzene rings is 1.